The Hall–Kier alpha value is -3.19. The van der Waals surface area contributed by atoms with Crippen LogP contribution in [-0.4, -0.2) is 35.6 Å². The van der Waals surface area contributed by atoms with Crippen molar-refractivity contribution in [3.63, 3.8) is 0 Å². The van der Waals surface area contributed by atoms with Crippen LogP contribution in [0.25, 0.3) is 0 Å². The summed E-state index contributed by atoms with van der Waals surface area (Å²) >= 11 is 0. The van der Waals surface area contributed by atoms with E-state index < -0.39 is 18.0 Å². The summed E-state index contributed by atoms with van der Waals surface area (Å²) in [4.78, 5) is 36.2. The number of hydrogen-bond acceptors (Lipinski definition) is 4. The number of carboxylic acid groups (broad SMARTS) is 1. The van der Waals surface area contributed by atoms with Crippen molar-refractivity contribution < 1.29 is 24.2 Å². The maximum absolute atomic E-state index is 12.7. The van der Waals surface area contributed by atoms with Crippen molar-refractivity contribution >= 4 is 29.2 Å². The minimum absolute atomic E-state index is 0.00587. The van der Waals surface area contributed by atoms with Gasteiger partial charge in [-0.1, -0.05) is 18.2 Å². The molecule has 0 bridgehead atoms. The molecule has 1 aliphatic rings. The summed E-state index contributed by atoms with van der Waals surface area (Å²) in [7, 11) is 0. The van der Waals surface area contributed by atoms with Gasteiger partial charge in [-0.2, -0.15) is 0 Å². The maximum Gasteiger partial charge on any atom is 0.337 e. The first-order valence-corrected chi connectivity index (χ1v) is 8.63. The Morgan fingerprint density at radius 1 is 1.00 bits per heavy atom. The Morgan fingerprint density at radius 2 is 1.70 bits per heavy atom. The lowest BCUT2D eigenvalue weighted by molar-refractivity contribution is -0.124. The number of hydrogen-bond donors (Lipinski definition) is 3. The summed E-state index contributed by atoms with van der Waals surface area (Å²) in [6.45, 7) is 2.30. The van der Waals surface area contributed by atoms with Crippen molar-refractivity contribution in [1.82, 2.24) is 0 Å². The van der Waals surface area contributed by atoms with Gasteiger partial charge >= 0.3 is 5.97 Å². The Bertz CT molecular complexity index is 888. The van der Waals surface area contributed by atoms with E-state index >= 15 is 0 Å². The van der Waals surface area contributed by atoms with E-state index in [4.69, 9.17) is 4.74 Å². The fourth-order valence-electron chi connectivity index (χ4n) is 2.98. The van der Waals surface area contributed by atoms with E-state index in [2.05, 4.69) is 10.6 Å². The van der Waals surface area contributed by atoms with Crippen LogP contribution in [0.3, 0.4) is 0 Å². The second-order valence-electron chi connectivity index (χ2n) is 6.27. The number of carbonyl (C=O) groups excluding carboxylic acids is 2. The molecule has 0 spiro atoms. The lowest BCUT2D eigenvalue weighted by Crippen LogP contribution is -2.27. The lowest BCUT2D eigenvalue weighted by atomic mass is 10.0. The van der Waals surface area contributed by atoms with E-state index in [-0.39, 0.29) is 17.2 Å². The molecule has 2 amide bonds. The van der Waals surface area contributed by atoms with Crippen LogP contribution in [0.4, 0.5) is 11.4 Å². The maximum atomic E-state index is 12.7. The molecule has 7 heteroatoms. The summed E-state index contributed by atoms with van der Waals surface area (Å²) in [6.07, 6.45) is 1.06. The van der Waals surface area contributed by atoms with Gasteiger partial charge in [0, 0.05) is 17.9 Å². The summed E-state index contributed by atoms with van der Waals surface area (Å²) in [6, 6.07) is 11.2. The molecule has 1 aliphatic heterocycles. The first kappa shape index (κ1) is 18.6. The van der Waals surface area contributed by atoms with Crippen molar-refractivity contribution in [1.29, 1.82) is 0 Å². The molecule has 3 N–H and O–H groups in total. The number of rotatable bonds is 5. The highest BCUT2D eigenvalue weighted by atomic mass is 16.5. The summed E-state index contributed by atoms with van der Waals surface area (Å²) < 4.78 is 5.37. The van der Waals surface area contributed by atoms with Crippen LogP contribution < -0.4 is 10.6 Å². The second-order valence-corrected chi connectivity index (χ2v) is 6.27. The summed E-state index contributed by atoms with van der Waals surface area (Å²) in [5, 5.41) is 14.7. The molecule has 1 unspecified atom stereocenters. The number of amides is 2. The zero-order valence-corrected chi connectivity index (χ0v) is 14.8. The topological polar surface area (TPSA) is 105 Å². The number of anilines is 2. The highest BCUT2D eigenvalue weighted by Gasteiger charge is 2.24. The number of benzene rings is 2. The Morgan fingerprint density at radius 3 is 2.41 bits per heavy atom. The number of ether oxygens (including phenoxy) is 1. The van der Waals surface area contributed by atoms with E-state index in [0.717, 1.165) is 6.42 Å². The molecule has 2 aromatic carbocycles. The predicted molar refractivity (Wildman–Crippen MR) is 100 cm³/mol. The summed E-state index contributed by atoms with van der Waals surface area (Å²) in [5.41, 5.74) is 1.68. The van der Waals surface area contributed by atoms with Crippen LogP contribution in [0.2, 0.25) is 0 Å². The van der Waals surface area contributed by atoms with E-state index in [1.165, 1.54) is 12.1 Å². The van der Waals surface area contributed by atoms with E-state index in [1.54, 1.807) is 37.3 Å². The number of carboxylic acids is 1. The van der Waals surface area contributed by atoms with E-state index in [1.807, 2.05) is 0 Å². The highest BCUT2D eigenvalue weighted by Crippen LogP contribution is 2.23. The van der Waals surface area contributed by atoms with Gasteiger partial charge in [-0.05, 0) is 49.6 Å². The third kappa shape index (κ3) is 4.15. The van der Waals surface area contributed by atoms with Gasteiger partial charge in [-0.3, -0.25) is 9.59 Å². The highest BCUT2D eigenvalue weighted by molar-refractivity contribution is 6.09. The third-order valence-corrected chi connectivity index (χ3v) is 4.46. The fraction of sp³-hybridized carbons (Fsp3) is 0.250. The first-order chi connectivity index (χ1) is 13.0. The van der Waals surface area contributed by atoms with Crippen molar-refractivity contribution in [2.75, 3.05) is 17.2 Å². The zero-order chi connectivity index (χ0) is 19.4. The minimum Gasteiger partial charge on any atom is -0.478 e. The Kier molecular flexibility index (Phi) is 5.52. The molecule has 0 radical (unpaired) electrons. The normalized spacial score (nSPS) is 16.0. The fourth-order valence-corrected chi connectivity index (χ4v) is 2.98. The number of nitrogens with one attached hydrogen (secondary N) is 2. The van der Waals surface area contributed by atoms with Crippen LogP contribution in [0.1, 0.15) is 39.1 Å². The molecule has 1 saturated heterocycles. The zero-order valence-electron chi connectivity index (χ0n) is 14.8. The predicted octanol–water partition coefficient (Wildman–Crippen LogP) is 3.06. The number of aromatic carboxylic acids is 1. The smallest absolute Gasteiger partial charge is 0.337 e. The van der Waals surface area contributed by atoms with Gasteiger partial charge in [-0.25, -0.2) is 4.79 Å². The molecule has 0 saturated carbocycles. The largest absolute Gasteiger partial charge is 0.478 e. The van der Waals surface area contributed by atoms with Gasteiger partial charge in [0.05, 0.1) is 11.3 Å². The van der Waals surface area contributed by atoms with Crippen LogP contribution in [0, 0.1) is 6.92 Å². The van der Waals surface area contributed by atoms with Crippen LogP contribution >= 0.6 is 0 Å². The number of carbonyl (C=O) groups is 3. The first-order valence-electron chi connectivity index (χ1n) is 8.63. The van der Waals surface area contributed by atoms with E-state index in [9.17, 15) is 19.5 Å². The summed E-state index contributed by atoms with van der Waals surface area (Å²) in [5.74, 6) is -1.81. The van der Waals surface area contributed by atoms with Crippen molar-refractivity contribution in [2.24, 2.45) is 0 Å². The van der Waals surface area contributed by atoms with Gasteiger partial charge in [0.1, 0.15) is 6.10 Å². The number of para-hydroxylation sites is 1. The Balaban J connectivity index is 1.80. The van der Waals surface area contributed by atoms with Crippen LogP contribution in [0.15, 0.2) is 42.5 Å². The molecular formula is C20H20N2O5. The molecule has 1 atom stereocenters. The van der Waals surface area contributed by atoms with Crippen molar-refractivity contribution in [3.8, 4) is 0 Å². The average Bonchev–Trinajstić information content (AvgIpc) is 3.18. The molecule has 2 aromatic rings. The van der Waals surface area contributed by atoms with Gasteiger partial charge < -0.3 is 20.5 Å². The molecular weight excluding hydrogens is 348 g/mol. The second kappa shape index (κ2) is 8.01. The van der Waals surface area contributed by atoms with Gasteiger partial charge in [0.2, 0.25) is 0 Å². The van der Waals surface area contributed by atoms with Gasteiger partial charge in [0.15, 0.2) is 0 Å². The third-order valence-electron chi connectivity index (χ3n) is 4.46. The van der Waals surface area contributed by atoms with Gasteiger partial charge in [0.25, 0.3) is 11.8 Å². The standard InChI is InChI=1S/C20H20N2O5/c1-12-13(18(23)22-16-8-3-2-6-14(16)20(25)26)7-4-9-15(12)21-19(24)17-10-5-11-27-17/h2-4,6-9,17H,5,10-11H2,1H3,(H,21,24)(H,22,23)(H,25,26). The molecule has 1 heterocycles. The lowest BCUT2D eigenvalue weighted by Gasteiger charge is -2.15. The molecule has 1 fully saturated rings. The molecule has 140 valence electrons. The van der Waals surface area contributed by atoms with Gasteiger partial charge in [-0.15, -0.1) is 0 Å². The molecule has 0 aromatic heterocycles. The van der Waals surface area contributed by atoms with E-state index in [0.29, 0.717) is 29.8 Å². The SMILES string of the molecule is Cc1c(NC(=O)C2CCCO2)cccc1C(=O)Nc1ccccc1C(=O)O. The molecule has 3 rings (SSSR count). The van der Waals surface area contributed by atoms with Crippen LogP contribution in [-0.2, 0) is 9.53 Å². The Labute approximate surface area is 156 Å². The average molecular weight is 368 g/mol. The minimum atomic E-state index is -1.12. The molecule has 7 nitrogen and oxygen atoms in total. The van der Waals surface area contributed by atoms with Crippen molar-refractivity contribution in [3.05, 3.63) is 59.2 Å². The quantitative estimate of drug-likeness (QED) is 0.752. The van der Waals surface area contributed by atoms with Crippen molar-refractivity contribution in [2.45, 2.75) is 25.9 Å². The molecule has 0 aliphatic carbocycles. The monoisotopic (exact) mass is 368 g/mol. The molecule has 27 heavy (non-hydrogen) atoms. The van der Waals surface area contributed by atoms with Crippen LogP contribution in [0.5, 0.6) is 0 Å².